The van der Waals surface area contributed by atoms with Gasteiger partial charge in [-0.15, -0.1) is 11.3 Å². The highest BCUT2D eigenvalue weighted by molar-refractivity contribution is 7.13. The first-order chi connectivity index (χ1) is 13.7. The van der Waals surface area contributed by atoms with Gasteiger partial charge in [-0.3, -0.25) is 4.79 Å². The summed E-state index contributed by atoms with van der Waals surface area (Å²) >= 11 is 1.47. The van der Waals surface area contributed by atoms with Gasteiger partial charge in [0.25, 0.3) is 5.91 Å². The second-order valence-corrected chi connectivity index (χ2v) is 8.21. The zero-order chi connectivity index (χ0) is 19.3. The number of aromatic nitrogens is 3. The number of likely N-dealkylation sites (tertiary alicyclic amines) is 1. The minimum absolute atomic E-state index is 0.108. The highest BCUT2D eigenvalue weighted by atomic mass is 32.1. The molecule has 0 bridgehead atoms. The zero-order valence-corrected chi connectivity index (χ0v) is 16.9. The van der Waals surface area contributed by atoms with Crippen molar-refractivity contribution in [2.45, 2.75) is 19.8 Å². The first kappa shape index (κ1) is 18.8. The first-order valence-corrected chi connectivity index (χ1v) is 10.6. The highest BCUT2D eigenvalue weighted by Crippen LogP contribution is 2.24. The average molecular weight is 396 g/mol. The van der Waals surface area contributed by atoms with Gasteiger partial charge in [0.2, 0.25) is 0 Å². The molecule has 2 aromatic heterocycles. The van der Waals surface area contributed by atoms with Gasteiger partial charge in [0, 0.05) is 36.8 Å². The lowest BCUT2D eigenvalue weighted by atomic mass is 10.0. The normalized spacial score (nSPS) is 17.5. The number of piperidine rings is 1. The molecular formula is C21H25N5OS. The quantitative estimate of drug-likeness (QED) is 0.694. The van der Waals surface area contributed by atoms with Crippen molar-refractivity contribution in [1.29, 1.82) is 0 Å². The van der Waals surface area contributed by atoms with Gasteiger partial charge in [0.1, 0.15) is 10.7 Å². The maximum Gasteiger partial charge on any atom is 0.270 e. The summed E-state index contributed by atoms with van der Waals surface area (Å²) in [4.78, 5) is 19.3. The Morgan fingerprint density at radius 2 is 2.18 bits per heavy atom. The Labute approximate surface area is 169 Å². The molecule has 1 unspecified atom stereocenters. The molecule has 1 aromatic carbocycles. The molecule has 1 fully saturated rings. The van der Waals surface area contributed by atoms with E-state index in [-0.39, 0.29) is 5.91 Å². The maximum atomic E-state index is 12.4. The predicted octanol–water partition coefficient (Wildman–Crippen LogP) is 3.46. The number of nitrogens with zero attached hydrogens (tertiary/aromatic N) is 4. The van der Waals surface area contributed by atoms with Crippen LogP contribution in [0, 0.1) is 5.92 Å². The summed E-state index contributed by atoms with van der Waals surface area (Å²) in [6.07, 6.45) is 6.28. The number of amides is 1. The van der Waals surface area contributed by atoms with Gasteiger partial charge in [-0.25, -0.2) is 9.67 Å². The van der Waals surface area contributed by atoms with Crippen molar-refractivity contribution in [2.24, 2.45) is 5.92 Å². The number of hydrogen-bond donors (Lipinski definition) is 1. The smallest absolute Gasteiger partial charge is 0.270 e. The minimum Gasteiger partial charge on any atom is -0.349 e. The number of benzene rings is 1. The largest absolute Gasteiger partial charge is 0.349 e. The third-order valence-corrected chi connectivity index (χ3v) is 5.93. The molecule has 1 atom stereocenters. The van der Waals surface area contributed by atoms with E-state index in [4.69, 9.17) is 0 Å². The van der Waals surface area contributed by atoms with E-state index < -0.39 is 0 Å². The average Bonchev–Trinajstić information content (AvgIpc) is 3.38. The Balaban J connectivity index is 1.34. The van der Waals surface area contributed by atoms with Crippen LogP contribution in [0.5, 0.6) is 0 Å². The Bertz CT molecular complexity index is 920. The van der Waals surface area contributed by atoms with Crippen molar-refractivity contribution in [3.8, 4) is 16.3 Å². The molecule has 0 saturated carbocycles. The summed E-state index contributed by atoms with van der Waals surface area (Å²) in [6.45, 7) is 6.11. The number of carbonyl (C=O) groups is 1. The number of para-hydroxylation sites is 1. The SMILES string of the molecule is CC1CCCN(CCNC(=O)c2csc(-c3cnn(-c4ccccc4)c3)n2)C1. The van der Waals surface area contributed by atoms with E-state index in [1.807, 2.05) is 46.6 Å². The lowest BCUT2D eigenvalue weighted by Gasteiger charge is -2.30. The standard InChI is InChI=1S/C21H25N5OS/c1-16-6-5-10-25(13-16)11-9-22-20(27)19-15-28-21(24-19)17-12-23-26(14-17)18-7-3-2-4-8-18/h2-4,7-8,12,14-16H,5-6,9-11,13H2,1H3,(H,22,27). The fourth-order valence-electron chi connectivity index (χ4n) is 3.57. The molecule has 1 saturated heterocycles. The van der Waals surface area contributed by atoms with Crippen LogP contribution < -0.4 is 5.32 Å². The molecule has 6 nitrogen and oxygen atoms in total. The molecule has 4 rings (SSSR count). The molecule has 7 heteroatoms. The Morgan fingerprint density at radius 1 is 1.32 bits per heavy atom. The maximum absolute atomic E-state index is 12.4. The molecule has 1 aliphatic rings. The van der Waals surface area contributed by atoms with Crippen molar-refractivity contribution in [3.63, 3.8) is 0 Å². The van der Waals surface area contributed by atoms with Crippen molar-refractivity contribution in [1.82, 2.24) is 25.0 Å². The lowest BCUT2D eigenvalue weighted by molar-refractivity contribution is 0.0939. The highest BCUT2D eigenvalue weighted by Gasteiger charge is 2.17. The van der Waals surface area contributed by atoms with E-state index in [0.29, 0.717) is 12.2 Å². The number of hydrogen-bond acceptors (Lipinski definition) is 5. The molecule has 0 spiro atoms. The van der Waals surface area contributed by atoms with Gasteiger partial charge in [0.15, 0.2) is 0 Å². The molecule has 1 amide bonds. The number of rotatable bonds is 6. The molecule has 0 radical (unpaired) electrons. The topological polar surface area (TPSA) is 63.1 Å². The number of nitrogens with one attached hydrogen (secondary N) is 1. The van der Waals surface area contributed by atoms with E-state index >= 15 is 0 Å². The van der Waals surface area contributed by atoms with Crippen LogP contribution in [0.25, 0.3) is 16.3 Å². The Morgan fingerprint density at radius 3 is 3.00 bits per heavy atom. The molecule has 1 N–H and O–H groups in total. The van der Waals surface area contributed by atoms with Crippen LogP contribution in [-0.2, 0) is 0 Å². The molecule has 3 heterocycles. The van der Waals surface area contributed by atoms with E-state index in [2.05, 4.69) is 27.2 Å². The second kappa shape index (κ2) is 8.67. The van der Waals surface area contributed by atoms with Crippen LogP contribution in [0.3, 0.4) is 0 Å². The summed E-state index contributed by atoms with van der Waals surface area (Å²) in [6, 6.07) is 9.94. The Hall–Kier alpha value is -2.51. The van der Waals surface area contributed by atoms with Crippen LogP contribution in [-0.4, -0.2) is 51.8 Å². The molecule has 28 heavy (non-hydrogen) atoms. The van der Waals surface area contributed by atoms with Crippen molar-refractivity contribution < 1.29 is 4.79 Å². The number of carbonyl (C=O) groups excluding carboxylic acids is 1. The van der Waals surface area contributed by atoms with Gasteiger partial charge in [-0.2, -0.15) is 5.10 Å². The number of thiazole rings is 1. The van der Waals surface area contributed by atoms with Gasteiger partial charge in [-0.05, 0) is 37.4 Å². The summed E-state index contributed by atoms with van der Waals surface area (Å²) < 4.78 is 1.82. The molecule has 1 aliphatic heterocycles. The van der Waals surface area contributed by atoms with Crippen molar-refractivity contribution >= 4 is 17.2 Å². The summed E-state index contributed by atoms with van der Waals surface area (Å²) in [5.74, 6) is 0.644. The van der Waals surface area contributed by atoms with Gasteiger partial charge in [0.05, 0.1) is 11.9 Å². The Kier molecular flexibility index (Phi) is 5.83. The van der Waals surface area contributed by atoms with Gasteiger partial charge < -0.3 is 10.2 Å². The van der Waals surface area contributed by atoms with Crippen LogP contribution in [0.1, 0.15) is 30.3 Å². The third-order valence-electron chi connectivity index (χ3n) is 5.04. The van der Waals surface area contributed by atoms with E-state index in [9.17, 15) is 4.79 Å². The predicted molar refractivity (Wildman–Crippen MR) is 112 cm³/mol. The summed E-state index contributed by atoms with van der Waals surface area (Å²) in [5.41, 5.74) is 2.38. The van der Waals surface area contributed by atoms with Crippen molar-refractivity contribution in [2.75, 3.05) is 26.2 Å². The van der Waals surface area contributed by atoms with E-state index in [1.165, 1.54) is 24.2 Å². The first-order valence-electron chi connectivity index (χ1n) is 9.75. The van der Waals surface area contributed by atoms with Crippen molar-refractivity contribution in [3.05, 3.63) is 53.8 Å². The lowest BCUT2D eigenvalue weighted by Crippen LogP contribution is -2.40. The molecule has 3 aromatic rings. The third kappa shape index (κ3) is 4.48. The minimum atomic E-state index is -0.108. The van der Waals surface area contributed by atoms with Crippen LogP contribution in [0.15, 0.2) is 48.1 Å². The monoisotopic (exact) mass is 395 g/mol. The van der Waals surface area contributed by atoms with Crippen LogP contribution in [0.4, 0.5) is 0 Å². The summed E-state index contributed by atoms with van der Waals surface area (Å²) in [5, 5.41) is 10.0. The molecule has 146 valence electrons. The van der Waals surface area contributed by atoms with E-state index in [0.717, 1.165) is 41.8 Å². The molecular weight excluding hydrogens is 370 g/mol. The molecule has 0 aliphatic carbocycles. The fraction of sp³-hybridized carbons (Fsp3) is 0.381. The van der Waals surface area contributed by atoms with Gasteiger partial charge >= 0.3 is 0 Å². The van der Waals surface area contributed by atoms with E-state index in [1.54, 1.807) is 6.20 Å². The van der Waals surface area contributed by atoms with Crippen LogP contribution >= 0.6 is 11.3 Å². The fourth-order valence-corrected chi connectivity index (χ4v) is 4.35. The van der Waals surface area contributed by atoms with Crippen LogP contribution in [0.2, 0.25) is 0 Å². The van der Waals surface area contributed by atoms with Gasteiger partial charge in [-0.1, -0.05) is 25.1 Å². The zero-order valence-electron chi connectivity index (χ0n) is 16.0. The second-order valence-electron chi connectivity index (χ2n) is 7.35. The summed E-state index contributed by atoms with van der Waals surface area (Å²) in [7, 11) is 0.